The van der Waals surface area contributed by atoms with Crippen molar-refractivity contribution in [2.45, 2.75) is 58.7 Å². The molecule has 0 saturated heterocycles. The van der Waals surface area contributed by atoms with Gasteiger partial charge in [0.05, 0.1) is 6.10 Å². The zero-order valence-corrected chi connectivity index (χ0v) is 12.7. The van der Waals surface area contributed by atoms with Gasteiger partial charge in [-0.3, -0.25) is 0 Å². The highest BCUT2D eigenvalue weighted by molar-refractivity contribution is 7.10. The van der Waals surface area contributed by atoms with Gasteiger partial charge in [0.15, 0.2) is 0 Å². The lowest BCUT2D eigenvalue weighted by Gasteiger charge is -2.54. The van der Waals surface area contributed by atoms with Gasteiger partial charge in [-0.1, -0.05) is 19.9 Å². The number of hydrogen-bond acceptors (Lipinski definition) is 3. The minimum absolute atomic E-state index is 0.293. The molecule has 1 aromatic heterocycles. The summed E-state index contributed by atoms with van der Waals surface area (Å²) in [4.78, 5) is 1.42. The van der Waals surface area contributed by atoms with Gasteiger partial charge in [-0.05, 0) is 38.1 Å². The van der Waals surface area contributed by atoms with E-state index in [4.69, 9.17) is 4.74 Å². The Morgan fingerprint density at radius 3 is 2.89 bits per heavy atom. The van der Waals surface area contributed by atoms with Gasteiger partial charge in [-0.25, -0.2) is 0 Å². The quantitative estimate of drug-likeness (QED) is 0.841. The summed E-state index contributed by atoms with van der Waals surface area (Å²) in [5.41, 5.74) is 0.293. The maximum atomic E-state index is 5.85. The van der Waals surface area contributed by atoms with E-state index >= 15 is 0 Å². The third-order valence-electron chi connectivity index (χ3n) is 4.53. The molecular formula is C15H25NOS. The van der Waals surface area contributed by atoms with Crippen molar-refractivity contribution in [3.63, 3.8) is 0 Å². The zero-order valence-electron chi connectivity index (χ0n) is 11.9. The van der Waals surface area contributed by atoms with E-state index in [-0.39, 0.29) is 0 Å². The van der Waals surface area contributed by atoms with Crippen LogP contribution in [0, 0.1) is 5.41 Å². The molecule has 0 aromatic carbocycles. The van der Waals surface area contributed by atoms with E-state index in [1.165, 1.54) is 11.3 Å². The minimum Gasteiger partial charge on any atom is -0.378 e. The number of ether oxygens (including phenoxy) is 1. The Kier molecular flexibility index (Phi) is 4.46. The number of rotatable bonds is 6. The van der Waals surface area contributed by atoms with Gasteiger partial charge in [0.1, 0.15) is 0 Å². The average Bonchev–Trinajstić information content (AvgIpc) is 2.90. The molecule has 1 aliphatic rings. The van der Waals surface area contributed by atoms with Gasteiger partial charge in [0, 0.05) is 29.0 Å². The molecule has 0 amide bonds. The lowest BCUT2D eigenvalue weighted by molar-refractivity contribution is -0.127. The average molecular weight is 267 g/mol. The molecule has 18 heavy (non-hydrogen) atoms. The van der Waals surface area contributed by atoms with Crippen LogP contribution < -0.4 is 5.32 Å². The van der Waals surface area contributed by atoms with E-state index in [0.29, 0.717) is 23.6 Å². The molecule has 2 nitrogen and oxygen atoms in total. The Hall–Kier alpha value is -0.380. The lowest BCUT2D eigenvalue weighted by Crippen LogP contribution is -2.62. The van der Waals surface area contributed by atoms with Crippen LogP contribution in [-0.2, 0) is 4.74 Å². The summed E-state index contributed by atoms with van der Waals surface area (Å²) in [5, 5.41) is 5.93. The molecule has 1 saturated carbocycles. The van der Waals surface area contributed by atoms with E-state index in [0.717, 1.165) is 13.0 Å². The second-order valence-electron chi connectivity index (χ2n) is 5.50. The Balaban J connectivity index is 1.95. The SMILES string of the molecule is CCOC1CC(N[C@H](C)c2cccs2)C1(C)CC. The first kappa shape index (κ1) is 14.0. The Labute approximate surface area is 115 Å². The highest BCUT2D eigenvalue weighted by Crippen LogP contribution is 2.46. The van der Waals surface area contributed by atoms with Crippen molar-refractivity contribution < 1.29 is 4.74 Å². The van der Waals surface area contributed by atoms with Gasteiger partial charge >= 0.3 is 0 Å². The Morgan fingerprint density at radius 2 is 2.33 bits per heavy atom. The molecule has 0 radical (unpaired) electrons. The van der Waals surface area contributed by atoms with Crippen LogP contribution in [-0.4, -0.2) is 18.8 Å². The highest BCUT2D eigenvalue weighted by Gasteiger charge is 2.51. The van der Waals surface area contributed by atoms with Crippen molar-refractivity contribution in [3.8, 4) is 0 Å². The molecule has 0 aliphatic heterocycles. The summed E-state index contributed by atoms with van der Waals surface area (Å²) in [7, 11) is 0. The first-order valence-electron chi connectivity index (χ1n) is 7.02. The third kappa shape index (κ3) is 2.49. The van der Waals surface area contributed by atoms with E-state index in [1.807, 2.05) is 11.3 Å². The smallest absolute Gasteiger partial charge is 0.0658 e. The second kappa shape index (κ2) is 5.72. The van der Waals surface area contributed by atoms with Gasteiger partial charge < -0.3 is 10.1 Å². The molecule has 0 bridgehead atoms. The topological polar surface area (TPSA) is 21.3 Å². The molecule has 3 heteroatoms. The molecule has 1 aliphatic carbocycles. The Morgan fingerprint density at radius 1 is 1.56 bits per heavy atom. The standard InChI is InChI=1S/C15H25NOS/c1-5-15(4)13(10-14(15)17-6-2)16-11(3)12-8-7-9-18-12/h7-9,11,13-14,16H,5-6,10H2,1-4H3/t11-,13?,14?,15?/m1/s1. The molecule has 1 fully saturated rings. The van der Waals surface area contributed by atoms with Crippen LogP contribution in [0.15, 0.2) is 17.5 Å². The molecule has 3 unspecified atom stereocenters. The monoisotopic (exact) mass is 267 g/mol. The van der Waals surface area contributed by atoms with Crippen molar-refractivity contribution in [2.75, 3.05) is 6.61 Å². The molecule has 2 rings (SSSR count). The normalized spacial score (nSPS) is 33.1. The maximum absolute atomic E-state index is 5.85. The summed E-state index contributed by atoms with van der Waals surface area (Å²) in [5.74, 6) is 0. The minimum atomic E-state index is 0.293. The predicted octanol–water partition coefficient (Wildman–Crippen LogP) is 3.99. The zero-order chi connectivity index (χ0) is 13.2. The molecule has 4 atom stereocenters. The van der Waals surface area contributed by atoms with Crippen molar-refractivity contribution in [3.05, 3.63) is 22.4 Å². The van der Waals surface area contributed by atoms with Crippen molar-refractivity contribution in [1.82, 2.24) is 5.32 Å². The molecule has 102 valence electrons. The molecule has 1 aromatic rings. The van der Waals surface area contributed by atoms with Gasteiger partial charge in [0.2, 0.25) is 0 Å². The van der Waals surface area contributed by atoms with Gasteiger partial charge in [0.25, 0.3) is 0 Å². The summed E-state index contributed by atoms with van der Waals surface area (Å²) in [6.07, 6.45) is 2.75. The summed E-state index contributed by atoms with van der Waals surface area (Å²) in [6.45, 7) is 9.81. The molecule has 1 N–H and O–H groups in total. The first-order valence-corrected chi connectivity index (χ1v) is 7.90. The first-order chi connectivity index (χ1) is 8.61. The van der Waals surface area contributed by atoms with Crippen LogP contribution in [0.3, 0.4) is 0 Å². The van der Waals surface area contributed by atoms with Crippen molar-refractivity contribution >= 4 is 11.3 Å². The van der Waals surface area contributed by atoms with E-state index in [9.17, 15) is 0 Å². The fraction of sp³-hybridized carbons (Fsp3) is 0.733. The summed E-state index contributed by atoms with van der Waals surface area (Å²) in [6, 6.07) is 5.37. The van der Waals surface area contributed by atoms with Crippen LogP contribution >= 0.6 is 11.3 Å². The predicted molar refractivity (Wildman–Crippen MR) is 78.1 cm³/mol. The fourth-order valence-corrected chi connectivity index (χ4v) is 3.67. The lowest BCUT2D eigenvalue weighted by atomic mass is 9.61. The van der Waals surface area contributed by atoms with Gasteiger partial charge in [-0.15, -0.1) is 11.3 Å². The Bertz CT molecular complexity index is 365. The molecule has 0 spiro atoms. The largest absolute Gasteiger partial charge is 0.378 e. The van der Waals surface area contributed by atoms with Crippen LogP contribution in [0.5, 0.6) is 0 Å². The van der Waals surface area contributed by atoms with Gasteiger partial charge in [-0.2, -0.15) is 0 Å². The number of hydrogen-bond donors (Lipinski definition) is 1. The summed E-state index contributed by atoms with van der Waals surface area (Å²) < 4.78 is 5.85. The van der Waals surface area contributed by atoms with Crippen LogP contribution in [0.4, 0.5) is 0 Å². The fourth-order valence-electron chi connectivity index (χ4n) is 2.93. The van der Waals surface area contributed by atoms with E-state index in [2.05, 4.69) is 50.5 Å². The van der Waals surface area contributed by atoms with Crippen molar-refractivity contribution in [1.29, 1.82) is 0 Å². The van der Waals surface area contributed by atoms with E-state index < -0.39 is 0 Å². The highest BCUT2D eigenvalue weighted by atomic mass is 32.1. The van der Waals surface area contributed by atoms with Crippen LogP contribution in [0.2, 0.25) is 0 Å². The molecular weight excluding hydrogens is 242 g/mol. The number of nitrogens with one attached hydrogen (secondary N) is 1. The molecule has 1 heterocycles. The second-order valence-corrected chi connectivity index (χ2v) is 6.47. The number of thiophene rings is 1. The van der Waals surface area contributed by atoms with Crippen LogP contribution in [0.25, 0.3) is 0 Å². The summed E-state index contributed by atoms with van der Waals surface area (Å²) >= 11 is 1.83. The third-order valence-corrected chi connectivity index (χ3v) is 5.59. The van der Waals surface area contributed by atoms with Crippen molar-refractivity contribution in [2.24, 2.45) is 5.41 Å². The maximum Gasteiger partial charge on any atom is 0.0658 e. The van der Waals surface area contributed by atoms with Crippen LogP contribution in [0.1, 0.15) is 51.5 Å². The van der Waals surface area contributed by atoms with E-state index in [1.54, 1.807) is 0 Å².